The highest BCUT2D eigenvalue weighted by Gasteiger charge is 2.03. The molecular formula is C13H17N+. The standard InChI is InChI=1S/C13H17N/c1-14(2,3)12-8-7-11-13-9-5-4-6-10-13/h4-6,9-10H,1,8,12H2,2-3H3/q+1. The van der Waals surface area contributed by atoms with Crippen LogP contribution in [0.5, 0.6) is 0 Å². The quantitative estimate of drug-likeness (QED) is 0.492. The largest absolute Gasteiger partial charge is 0.323 e. The lowest BCUT2D eigenvalue weighted by Crippen LogP contribution is -2.32. The van der Waals surface area contributed by atoms with Crippen molar-refractivity contribution in [1.82, 2.24) is 0 Å². The van der Waals surface area contributed by atoms with Crippen LogP contribution in [0, 0.1) is 18.9 Å². The molecular weight excluding hydrogens is 170 g/mol. The molecule has 1 heteroatoms. The minimum Gasteiger partial charge on any atom is -0.323 e. The molecule has 0 heterocycles. The smallest absolute Gasteiger partial charge is 0.128 e. The molecule has 0 saturated carbocycles. The van der Waals surface area contributed by atoms with Crippen molar-refractivity contribution in [2.45, 2.75) is 6.42 Å². The SMILES string of the molecule is [CH2][N+](C)(C)CCC#Cc1ccccc1. The van der Waals surface area contributed by atoms with E-state index in [1.165, 1.54) is 0 Å². The van der Waals surface area contributed by atoms with E-state index in [9.17, 15) is 0 Å². The van der Waals surface area contributed by atoms with E-state index in [0.29, 0.717) is 0 Å². The first kappa shape index (κ1) is 10.8. The Kier molecular flexibility index (Phi) is 3.73. The van der Waals surface area contributed by atoms with Gasteiger partial charge in [0.2, 0.25) is 0 Å². The lowest BCUT2D eigenvalue weighted by atomic mass is 10.2. The molecule has 0 N–H and O–H groups in total. The molecule has 0 aromatic heterocycles. The molecule has 0 bridgehead atoms. The number of quaternary nitrogens is 1. The Morgan fingerprint density at radius 3 is 2.43 bits per heavy atom. The van der Waals surface area contributed by atoms with Crippen LogP contribution in [0.2, 0.25) is 0 Å². The van der Waals surface area contributed by atoms with E-state index in [1.807, 2.05) is 30.3 Å². The van der Waals surface area contributed by atoms with Gasteiger partial charge in [-0.2, -0.15) is 0 Å². The predicted octanol–water partition coefficient (Wildman–Crippen LogP) is 2.30. The topological polar surface area (TPSA) is 0 Å². The average molecular weight is 187 g/mol. The zero-order chi connectivity index (χ0) is 10.4. The first-order valence-corrected chi connectivity index (χ1v) is 4.79. The molecule has 1 aromatic rings. The second-order valence-corrected chi connectivity index (χ2v) is 4.08. The highest BCUT2D eigenvalue weighted by Crippen LogP contribution is 1.97. The fraction of sp³-hybridized carbons (Fsp3) is 0.308. The van der Waals surface area contributed by atoms with Crippen molar-refractivity contribution in [3.63, 3.8) is 0 Å². The Morgan fingerprint density at radius 2 is 1.86 bits per heavy atom. The van der Waals surface area contributed by atoms with Gasteiger partial charge in [0.25, 0.3) is 0 Å². The summed E-state index contributed by atoms with van der Waals surface area (Å²) in [6, 6.07) is 10.1. The highest BCUT2D eigenvalue weighted by molar-refractivity contribution is 5.33. The van der Waals surface area contributed by atoms with Gasteiger partial charge in [-0.05, 0) is 12.1 Å². The molecule has 14 heavy (non-hydrogen) atoms. The molecule has 1 radical (unpaired) electrons. The van der Waals surface area contributed by atoms with Crippen LogP contribution in [-0.4, -0.2) is 25.1 Å². The van der Waals surface area contributed by atoms with Gasteiger partial charge in [-0.1, -0.05) is 30.0 Å². The van der Waals surface area contributed by atoms with Crippen LogP contribution in [0.25, 0.3) is 0 Å². The maximum atomic E-state index is 3.98. The Bertz CT molecular complexity index is 322. The third kappa shape index (κ3) is 4.69. The Labute approximate surface area is 87.0 Å². The number of hydrogen-bond donors (Lipinski definition) is 0. The molecule has 1 rings (SSSR count). The van der Waals surface area contributed by atoms with Crippen LogP contribution in [0.15, 0.2) is 30.3 Å². The lowest BCUT2D eigenvalue weighted by molar-refractivity contribution is -0.844. The monoisotopic (exact) mass is 187 g/mol. The van der Waals surface area contributed by atoms with E-state index >= 15 is 0 Å². The summed E-state index contributed by atoms with van der Waals surface area (Å²) in [5.41, 5.74) is 1.09. The number of hydrogen-bond acceptors (Lipinski definition) is 0. The highest BCUT2D eigenvalue weighted by atomic mass is 15.3. The molecule has 0 aliphatic rings. The molecule has 0 saturated heterocycles. The molecule has 0 unspecified atom stereocenters. The Balaban J connectivity index is 2.42. The van der Waals surface area contributed by atoms with E-state index in [1.54, 1.807) is 0 Å². The van der Waals surface area contributed by atoms with Gasteiger partial charge in [0.15, 0.2) is 0 Å². The summed E-state index contributed by atoms with van der Waals surface area (Å²) in [4.78, 5) is 0. The Morgan fingerprint density at radius 1 is 1.21 bits per heavy atom. The fourth-order valence-corrected chi connectivity index (χ4v) is 1.04. The second-order valence-electron chi connectivity index (χ2n) is 4.08. The predicted molar refractivity (Wildman–Crippen MR) is 60.3 cm³/mol. The lowest BCUT2D eigenvalue weighted by Gasteiger charge is -2.21. The summed E-state index contributed by atoms with van der Waals surface area (Å²) in [5.74, 6) is 6.28. The summed E-state index contributed by atoms with van der Waals surface area (Å²) in [7, 11) is 8.13. The van der Waals surface area contributed by atoms with Gasteiger partial charge in [-0.15, -0.1) is 0 Å². The Hall–Kier alpha value is -1.26. The van der Waals surface area contributed by atoms with Gasteiger partial charge < -0.3 is 4.48 Å². The minimum absolute atomic E-state index is 0.726. The molecule has 0 spiro atoms. The van der Waals surface area contributed by atoms with Gasteiger partial charge in [0, 0.05) is 5.56 Å². The molecule has 1 aromatic carbocycles. The van der Waals surface area contributed by atoms with Crippen molar-refractivity contribution in [3.05, 3.63) is 42.9 Å². The maximum absolute atomic E-state index is 3.98. The van der Waals surface area contributed by atoms with Gasteiger partial charge in [-0.3, -0.25) is 0 Å². The molecule has 1 nitrogen and oxygen atoms in total. The van der Waals surface area contributed by atoms with E-state index in [4.69, 9.17) is 0 Å². The van der Waals surface area contributed by atoms with Crippen LogP contribution < -0.4 is 0 Å². The molecule has 0 atom stereocenters. The van der Waals surface area contributed by atoms with E-state index in [0.717, 1.165) is 23.0 Å². The van der Waals surface area contributed by atoms with Crippen LogP contribution in [0.1, 0.15) is 12.0 Å². The van der Waals surface area contributed by atoms with Gasteiger partial charge in [-0.25, -0.2) is 0 Å². The molecule has 0 fully saturated rings. The fourth-order valence-electron chi connectivity index (χ4n) is 1.04. The van der Waals surface area contributed by atoms with Crippen LogP contribution in [0.4, 0.5) is 0 Å². The van der Waals surface area contributed by atoms with Crippen LogP contribution >= 0.6 is 0 Å². The molecule has 0 amide bonds. The summed E-state index contributed by atoms with van der Waals surface area (Å²) >= 11 is 0. The van der Waals surface area contributed by atoms with Gasteiger partial charge in [0.05, 0.1) is 27.1 Å². The van der Waals surface area contributed by atoms with Crippen molar-refractivity contribution in [2.75, 3.05) is 20.6 Å². The van der Waals surface area contributed by atoms with E-state index < -0.39 is 0 Å². The zero-order valence-corrected chi connectivity index (χ0v) is 8.96. The average Bonchev–Trinajstić information content (AvgIpc) is 2.13. The molecule has 0 aliphatic carbocycles. The summed E-state index contributed by atoms with van der Waals surface area (Å²) < 4.78 is 0.726. The van der Waals surface area contributed by atoms with Gasteiger partial charge >= 0.3 is 0 Å². The summed E-state index contributed by atoms with van der Waals surface area (Å²) in [6.07, 6.45) is 0.894. The zero-order valence-electron chi connectivity index (χ0n) is 8.96. The normalized spacial score (nSPS) is 10.5. The first-order chi connectivity index (χ1) is 6.58. The summed E-state index contributed by atoms with van der Waals surface area (Å²) in [5, 5.41) is 0. The molecule has 73 valence electrons. The number of rotatable bonds is 2. The molecule has 0 aliphatic heterocycles. The number of nitrogens with zero attached hydrogens (tertiary/aromatic N) is 1. The van der Waals surface area contributed by atoms with Crippen molar-refractivity contribution in [1.29, 1.82) is 0 Å². The van der Waals surface area contributed by atoms with E-state index in [-0.39, 0.29) is 0 Å². The third-order valence-electron chi connectivity index (χ3n) is 1.85. The van der Waals surface area contributed by atoms with Crippen molar-refractivity contribution in [2.24, 2.45) is 0 Å². The van der Waals surface area contributed by atoms with E-state index in [2.05, 4.69) is 33.0 Å². The van der Waals surface area contributed by atoms with Crippen molar-refractivity contribution >= 4 is 0 Å². The van der Waals surface area contributed by atoms with Crippen molar-refractivity contribution in [3.8, 4) is 11.8 Å². The number of benzene rings is 1. The maximum Gasteiger partial charge on any atom is 0.128 e. The first-order valence-electron chi connectivity index (χ1n) is 4.79. The van der Waals surface area contributed by atoms with Crippen LogP contribution in [0.3, 0.4) is 0 Å². The minimum atomic E-state index is 0.726. The van der Waals surface area contributed by atoms with Gasteiger partial charge in [0.1, 0.15) is 7.05 Å². The van der Waals surface area contributed by atoms with Crippen molar-refractivity contribution < 1.29 is 4.48 Å². The summed E-state index contributed by atoms with van der Waals surface area (Å²) in [6.45, 7) is 0.986. The third-order valence-corrected chi connectivity index (χ3v) is 1.85. The second kappa shape index (κ2) is 4.83. The van der Waals surface area contributed by atoms with Crippen LogP contribution in [-0.2, 0) is 0 Å².